The zero-order valence-corrected chi connectivity index (χ0v) is 13.2. The number of nitro benzene ring substituents is 1. The summed E-state index contributed by atoms with van der Waals surface area (Å²) in [5.41, 5.74) is 0.318. The molecule has 0 saturated carbocycles. The summed E-state index contributed by atoms with van der Waals surface area (Å²) in [5.74, 6) is -0.599. The number of halogens is 1. The molecular formula is C15H16ClN3O4. The summed E-state index contributed by atoms with van der Waals surface area (Å²) < 4.78 is 1.79. The van der Waals surface area contributed by atoms with Crippen molar-refractivity contribution in [3.05, 3.63) is 62.9 Å². The van der Waals surface area contributed by atoms with Gasteiger partial charge in [-0.25, -0.2) is 0 Å². The quantitative estimate of drug-likeness (QED) is 0.625. The maximum absolute atomic E-state index is 12.1. The molecule has 23 heavy (non-hydrogen) atoms. The lowest BCUT2D eigenvalue weighted by atomic mass is 10.1. The van der Waals surface area contributed by atoms with Gasteiger partial charge >= 0.3 is 0 Å². The number of hydrogen-bond acceptors (Lipinski definition) is 4. The van der Waals surface area contributed by atoms with E-state index < -0.39 is 16.9 Å². The molecule has 0 radical (unpaired) electrons. The van der Waals surface area contributed by atoms with Gasteiger partial charge in [0.2, 0.25) is 0 Å². The summed E-state index contributed by atoms with van der Waals surface area (Å²) in [4.78, 5) is 22.4. The molecule has 0 aliphatic carbocycles. The molecule has 0 aliphatic rings. The van der Waals surface area contributed by atoms with E-state index >= 15 is 0 Å². The zero-order valence-electron chi connectivity index (χ0n) is 12.4. The van der Waals surface area contributed by atoms with Crippen LogP contribution in [0.4, 0.5) is 5.69 Å². The molecule has 7 nitrogen and oxygen atoms in total. The van der Waals surface area contributed by atoms with Gasteiger partial charge in [-0.3, -0.25) is 14.9 Å². The van der Waals surface area contributed by atoms with Gasteiger partial charge in [-0.2, -0.15) is 0 Å². The van der Waals surface area contributed by atoms with Crippen molar-refractivity contribution in [2.24, 2.45) is 7.05 Å². The highest BCUT2D eigenvalue weighted by atomic mass is 35.5. The first kappa shape index (κ1) is 17.0. The van der Waals surface area contributed by atoms with Crippen LogP contribution in [0.15, 0.2) is 36.5 Å². The highest BCUT2D eigenvalue weighted by Crippen LogP contribution is 2.22. The molecule has 0 saturated heterocycles. The van der Waals surface area contributed by atoms with Crippen LogP contribution in [0.1, 0.15) is 28.6 Å². The third kappa shape index (κ3) is 4.08. The molecule has 1 aromatic carbocycles. The molecule has 2 N–H and O–H groups in total. The number of rotatable bonds is 6. The number of hydrogen-bond donors (Lipinski definition) is 2. The number of nitrogens with zero attached hydrogens (tertiary/aromatic N) is 2. The molecule has 1 amide bonds. The Morgan fingerprint density at radius 2 is 2.22 bits per heavy atom. The number of nitrogens with one attached hydrogen (secondary N) is 1. The van der Waals surface area contributed by atoms with Crippen LogP contribution in [0.2, 0.25) is 5.02 Å². The predicted octanol–water partition coefficient (Wildman–Crippen LogP) is 2.44. The van der Waals surface area contributed by atoms with E-state index in [1.807, 2.05) is 19.3 Å². The minimum atomic E-state index is -0.732. The van der Waals surface area contributed by atoms with Crippen molar-refractivity contribution in [1.82, 2.24) is 9.88 Å². The number of carbonyl (C=O) groups is 1. The second-order valence-electron chi connectivity index (χ2n) is 5.02. The molecule has 2 rings (SSSR count). The normalized spacial score (nSPS) is 12.0. The van der Waals surface area contributed by atoms with Gasteiger partial charge < -0.3 is 15.0 Å². The number of aromatic nitrogens is 1. The molecule has 122 valence electrons. The third-order valence-electron chi connectivity index (χ3n) is 3.43. The molecule has 0 spiro atoms. The van der Waals surface area contributed by atoms with E-state index in [9.17, 15) is 20.0 Å². The first-order valence-electron chi connectivity index (χ1n) is 6.91. The largest absolute Gasteiger partial charge is 0.387 e. The average molecular weight is 338 g/mol. The second-order valence-corrected chi connectivity index (χ2v) is 5.46. The van der Waals surface area contributed by atoms with Gasteiger partial charge in [0.1, 0.15) is 5.56 Å². The van der Waals surface area contributed by atoms with Crippen LogP contribution >= 0.6 is 11.6 Å². The molecule has 1 aromatic heterocycles. The third-order valence-corrected chi connectivity index (χ3v) is 3.66. The molecule has 2 aromatic rings. The summed E-state index contributed by atoms with van der Waals surface area (Å²) in [7, 11) is 1.81. The molecule has 8 heteroatoms. The zero-order chi connectivity index (χ0) is 17.0. The number of aryl methyl sites for hydroxylation is 1. The Balaban J connectivity index is 1.99. The lowest BCUT2D eigenvalue weighted by Gasteiger charge is -2.12. The van der Waals surface area contributed by atoms with Crippen LogP contribution in [0.3, 0.4) is 0 Å². The van der Waals surface area contributed by atoms with Gasteiger partial charge in [0.15, 0.2) is 0 Å². The van der Waals surface area contributed by atoms with Crippen LogP contribution in [-0.4, -0.2) is 27.0 Å². The van der Waals surface area contributed by atoms with Gasteiger partial charge in [-0.05, 0) is 30.7 Å². The summed E-state index contributed by atoms with van der Waals surface area (Å²) in [6, 6.07) is 7.40. The average Bonchev–Trinajstić information content (AvgIpc) is 2.92. The topological polar surface area (TPSA) is 97.4 Å². The Morgan fingerprint density at radius 1 is 1.48 bits per heavy atom. The Labute approximate surface area is 137 Å². The van der Waals surface area contributed by atoms with E-state index in [-0.39, 0.29) is 29.2 Å². The molecule has 1 heterocycles. The fourth-order valence-electron chi connectivity index (χ4n) is 2.24. The molecule has 0 bridgehead atoms. The Morgan fingerprint density at radius 3 is 2.83 bits per heavy atom. The molecule has 1 atom stereocenters. The summed E-state index contributed by atoms with van der Waals surface area (Å²) in [5, 5.41) is 23.8. The maximum Gasteiger partial charge on any atom is 0.282 e. The highest BCUT2D eigenvalue weighted by molar-refractivity contribution is 6.31. The molecule has 0 aliphatic heterocycles. The van der Waals surface area contributed by atoms with Gasteiger partial charge in [-0.1, -0.05) is 11.6 Å². The molecular weight excluding hydrogens is 322 g/mol. The van der Waals surface area contributed by atoms with Gasteiger partial charge in [0.25, 0.3) is 11.6 Å². The van der Waals surface area contributed by atoms with Crippen molar-refractivity contribution >= 4 is 23.2 Å². The Bertz CT molecular complexity index is 729. The van der Waals surface area contributed by atoms with E-state index in [0.717, 1.165) is 5.69 Å². The van der Waals surface area contributed by atoms with Gasteiger partial charge in [0.05, 0.1) is 11.0 Å². The minimum absolute atomic E-state index is 0.101. The highest BCUT2D eigenvalue weighted by Gasteiger charge is 2.20. The smallest absolute Gasteiger partial charge is 0.282 e. The van der Waals surface area contributed by atoms with Crippen LogP contribution < -0.4 is 5.32 Å². The van der Waals surface area contributed by atoms with Crippen molar-refractivity contribution in [1.29, 1.82) is 0 Å². The number of nitro groups is 1. The van der Waals surface area contributed by atoms with Crippen LogP contribution in [0, 0.1) is 10.1 Å². The summed E-state index contributed by atoms with van der Waals surface area (Å²) in [6.07, 6.45) is 1.37. The second kappa shape index (κ2) is 7.26. The van der Waals surface area contributed by atoms with Crippen molar-refractivity contribution < 1.29 is 14.8 Å². The fraction of sp³-hybridized carbons (Fsp3) is 0.267. The number of amides is 1. The Hall–Kier alpha value is -2.38. The molecule has 0 fully saturated rings. The minimum Gasteiger partial charge on any atom is -0.387 e. The van der Waals surface area contributed by atoms with Gasteiger partial charge in [-0.15, -0.1) is 0 Å². The van der Waals surface area contributed by atoms with Crippen LogP contribution in [0.25, 0.3) is 0 Å². The van der Waals surface area contributed by atoms with E-state index in [4.69, 9.17) is 11.6 Å². The number of benzene rings is 1. The fourth-order valence-corrected chi connectivity index (χ4v) is 2.41. The van der Waals surface area contributed by atoms with E-state index in [2.05, 4.69) is 5.32 Å². The number of carbonyl (C=O) groups excluding carboxylic acids is 1. The van der Waals surface area contributed by atoms with E-state index in [1.165, 1.54) is 18.2 Å². The number of aliphatic hydroxyl groups is 1. The Kier molecular flexibility index (Phi) is 5.36. The van der Waals surface area contributed by atoms with Crippen LogP contribution in [0.5, 0.6) is 0 Å². The monoisotopic (exact) mass is 337 g/mol. The van der Waals surface area contributed by atoms with Crippen LogP contribution in [-0.2, 0) is 7.05 Å². The lowest BCUT2D eigenvalue weighted by molar-refractivity contribution is -0.385. The SMILES string of the molecule is Cn1cccc1C(O)CCNC(=O)c1cc(Cl)ccc1[N+](=O)[O-]. The number of aliphatic hydroxyl groups excluding tert-OH is 1. The first-order chi connectivity index (χ1) is 10.9. The van der Waals surface area contributed by atoms with E-state index in [0.29, 0.717) is 0 Å². The maximum atomic E-state index is 12.1. The molecule has 1 unspecified atom stereocenters. The van der Waals surface area contributed by atoms with Crippen molar-refractivity contribution in [3.63, 3.8) is 0 Å². The van der Waals surface area contributed by atoms with E-state index in [1.54, 1.807) is 10.6 Å². The summed E-state index contributed by atoms with van der Waals surface area (Å²) in [6.45, 7) is 0.175. The predicted molar refractivity (Wildman–Crippen MR) is 85.4 cm³/mol. The van der Waals surface area contributed by atoms with Crippen molar-refractivity contribution in [3.8, 4) is 0 Å². The van der Waals surface area contributed by atoms with Gasteiger partial charge in [0, 0.05) is 36.6 Å². The van der Waals surface area contributed by atoms with Crippen molar-refractivity contribution in [2.75, 3.05) is 6.54 Å². The lowest BCUT2D eigenvalue weighted by Crippen LogP contribution is -2.26. The standard InChI is InChI=1S/C15H16ClN3O4/c1-18-8-2-3-13(18)14(20)6-7-17-15(21)11-9-10(16)4-5-12(11)19(22)23/h2-5,8-9,14,20H,6-7H2,1H3,(H,17,21). The summed E-state index contributed by atoms with van der Waals surface area (Å²) >= 11 is 5.79. The first-order valence-corrected chi connectivity index (χ1v) is 7.29. The van der Waals surface area contributed by atoms with Crippen molar-refractivity contribution in [2.45, 2.75) is 12.5 Å².